The maximum Gasteiger partial charge on any atom is 0.335 e. The summed E-state index contributed by atoms with van der Waals surface area (Å²) in [6, 6.07) is 0. The lowest BCUT2D eigenvalue weighted by atomic mass is 10.2. The monoisotopic (exact) mass is 218 g/mol. The number of hydrogen-bond acceptors (Lipinski definition) is 5. The van der Waals surface area contributed by atoms with Gasteiger partial charge in [0.2, 0.25) is 0 Å². The van der Waals surface area contributed by atoms with E-state index >= 15 is 0 Å². The fourth-order valence-electron chi connectivity index (χ4n) is 0.665. The Balaban J connectivity index is 3.55. The van der Waals surface area contributed by atoms with Crippen LogP contribution in [-0.2, 0) is 23.8 Å². The highest BCUT2D eigenvalue weighted by molar-refractivity contribution is 5.74. The third-order valence-electron chi connectivity index (χ3n) is 1.73. The summed E-state index contributed by atoms with van der Waals surface area (Å²) >= 11 is 0. The van der Waals surface area contributed by atoms with Crippen molar-refractivity contribution in [1.29, 1.82) is 0 Å². The molecule has 15 heavy (non-hydrogen) atoms. The Kier molecular flexibility index (Phi) is 6.70. The molecule has 0 N–H and O–H groups in total. The first-order chi connectivity index (χ1) is 6.99. The molecule has 0 aliphatic rings. The number of carbonyl (C=O) groups excluding carboxylic acids is 2. The largest absolute Gasteiger partial charge is 0.462 e. The van der Waals surface area contributed by atoms with Gasteiger partial charge in [-0.2, -0.15) is 0 Å². The Morgan fingerprint density at radius 2 is 1.47 bits per heavy atom. The van der Waals surface area contributed by atoms with E-state index in [0.29, 0.717) is 0 Å². The average Bonchev–Trinajstić information content (AvgIpc) is 2.22. The van der Waals surface area contributed by atoms with Crippen LogP contribution in [-0.4, -0.2) is 38.4 Å². The van der Waals surface area contributed by atoms with Gasteiger partial charge in [0.15, 0.2) is 6.10 Å². The third kappa shape index (κ3) is 6.06. The van der Waals surface area contributed by atoms with Gasteiger partial charge in [0.05, 0.1) is 5.92 Å². The lowest BCUT2D eigenvalue weighted by Gasteiger charge is -2.10. The second-order valence-corrected chi connectivity index (χ2v) is 3.37. The van der Waals surface area contributed by atoms with Crippen molar-refractivity contribution >= 4 is 11.9 Å². The van der Waals surface area contributed by atoms with Gasteiger partial charge in [-0.1, -0.05) is 13.8 Å². The van der Waals surface area contributed by atoms with E-state index in [0.717, 1.165) is 0 Å². The van der Waals surface area contributed by atoms with Crippen molar-refractivity contribution in [3.8, 4) is 0 Å². The summed E-state index contributed by atoms with van der Waals surface area (Å²) in [5, 5.41) is 0. The predicted molar refractivity (Wildman–Crippen MR) is 53.2 cm³/mol. The molecule has 0 saturated carbocycles. The fourth-order valence-corrected chi connectivity index (χ4v) is 0.665. The quantitative estimate of drug-likeness (QED) is 0.486. The molecule has 0 aliphatic carbocycles. The number of carbonyl (C=O) groups is 2. The smallest absolute Gasteiger partial charge is 0.335 e. The van der Waals surface area contributed by atoms with Crippen LogP contribution in [0.2, 0.25) is 0 Å². The highest BCUT2D eigenvalue weighted by atomic mass is 16.6. The second-order valence-electron chi connectivity index (χ2n) is 3.37. The second kappa shape index (κ2) is 7.23. The van der Waals surface area contributed by atoms with Gasteiger partial charge in [-0.15, -0.1) is 0 Å². The molecular formula is C10H18O5. The fraction of sp³-hybridized carbons (Fsp3) is 0.800. The van der Waals surface area contributed by atoms with Crippen LogP contribution < -0.4 is 0 Å². The molecule has 0 heterocycles. The van der Waals surface area contributed by atoms with Crippen molar-refractivity contribution in [2.75, 3.05) is 20.3 Å². The van der Waals surface area contributed by atoms with Gasteiger partial charge in [0.25, 0.3) is 0 Å². The summed E-state index contributed by atoms with van der Waals surface area (Å²) in [5.74, 6) is -0.928. The molecule has 0 aliphatic heterocycles. The molecule has 1 atom stereocenters. The minimum Gasteiger partial charge on any atom is -0.462 e. The van der Waals surface area contributed by atoms with Crippen LogP contribution in [0.5, 0.6) is 0 Å². The van der Waals surface area contributed by atoms with E-state index in [4.69, 9.17) is 14.2 Å². The number of methoxy groups -OCH3 is 1. The lowest BCUT2D eigenvalue weighted by Crippen LogP contribution is -2.24. The van der Waals surface area contributed by atoms with Crippen LogP contribution >= 0.6 is 0 Å². The molecule has 0 rings (SSSR count). The zero-order valence-corrected chi connectivity index (χ0v) is 9.61. The first kappa shape index (κ1) is 13.9. The molecule has 0 aromatic rings. The highest BCUT2D eigenvalue weighted by Crippen LogP contribution is 1.96. The molecule has 5 nitrogen and oxygen atoms in total. The Morgan fingerprint density at radius 3 is 1.87 bits per heavy atom. The minimum absolute atomic E-state index is 0.0605. The number of hydrogen-bond donors (Lipinski definition) is 0. The maximum absolute atomic E-state index is 11.1. The van der Waals surface area contributed by atoms with Gasteiger partial charge in [0.1, 0.15) is 13.2 Å². The summed E-state index contributed by atoms with van der Waals surface area (Å²) in [4.78, 5) is 22.1. The van der Waals surface area contributed by atoms with Crippen molar-refractivity contribution in [3.05, 3.63) is 0 Å². The van der Waals surface area contributed by atoms with E-state index < -0.39 is 12.1 Å². The standard InChI is InChI=1S/C10H18O5/c1-7(2)9(11)14-5-6-15-10(12)8(3)13-4/h7-8H,5-6H2,1-4H3/t8-/m1/s1. The van der Waals surface area contributed by atoms with E-state index in [-0.39, 0.29) is 25.1 Å². The molecule has 0 amide bonds. The molecule has 88 valence electrons. The van der Waals surface area contributed by atoms with E-state index in [1.54, 1.807) is 20.8 Å². The van der Waals surface area contributed by atoms with Crippen LogP contribution in [0.15, 0.2) is 0 Å². The molecule has 0 spiro atoms. The normalized spacial score (nSPS) is 12.3. The first-order valence-electron chi connectivity index (χ1n) is 4.85. The number of rotatable bonds is 6. The molecular weight excluding hydrogens is 200 g/mol. The predicted octanol–water partition coefficient (Wildman–Crippen LogP) is 0.764. The Labute approximate surface area is 89.7 Å². The van der Waals surface area contributed by atoms with Gasteiger partial charge in [-0.25, -0.2) is 4.79 Å². The van der Waals surface area contributed by atoms with Gasteiger partial charge in [-0.05, 0) is 6.92 Å². The summed E-state index contributed by atoms with van der Waals surface area (Å²) < 4.78 is 14.3. The minimum atomic E-state index is -0.592. The summed E-state index contributed by atoms with van der Waals surface area (Å²) in [6.07, 6.45) is -0.592. The average molecular weight is 218 g/mol. The van der Waals surface area contributed by atoms with Gasteiger partial charge in [0, 0.05) is 7.11 Å². The zero-order chi connectivity index (χ0) is 11.8. The maximum atomic E-state index is 11.1. The first-order valence-corrected chi connectivity index (χ1v) is 4.85. The lowest BCUT2D eigenvalue weighted by molar-refractivity contribution is -0.160. The molecule has 0 unspecified atom stereocenters. The van der Waals surface area contributed by atoms with Gasteiger partial charge < -0.3 is 14.2 Å². The van der Waals surface area contributed by atoms with Crippen LogP contribution in [0.1, 0.15) is 20.8 Å². The summed E-state index contributed by atoms with van der Waals surface area (Å²) in [7, 11) is 1.42. The topological polar surface area (TPSA) is 61.8 Å². The van der Waals surface area contributed by atoms with Crippen molar-refractivity contribution in [1.82, 2.24) is 0 Å². The molecule has 0 fully saturated rings. The number of esters is 2. The van der Waals surface area contributed by atoms with Gasteiger partial charge >= 0.3 is 11.9 Å². The van der Waals surface area contributed by atoms with Crippen molar-refractivity contribution in [3.63, 3.8) is 0 Å². The molecule has 0 bridgehead atoms. The SMILES string of the molecule is CO[C@H](C)C(=O)OCCOC(=O)C(C)C. The molecule has 0 aromatic heterocycles. The van der Waals surface area contributed by atoms with Crippen molar-refractivity contribution in [2.45, 2.75) is 26.9 Å². The number of ether oxygens (including phenoxy) is 3. The van der Waals surface area contributed by atoms with E-state index in [1.165, 1.54) is 7.11 Å². The van der Waals surface area contributed by atoms with Crippen LogP contribution in [0.3, 0.4) is 0 Å². The summed E-state index contributed by atoms with van der Waals surface area (Å²) in [5.41, 5.74) is 0. The Bertz CT molecular complexity index is 212. The van der Waals surface area contributed by atoms with Crippen molar-refractivity contribution < 1.29 is 23.8 Å². The molecule has 0 saturated heterocycles. The molecule has 0 radical (unpaired) electrons. The van der Waals surface area contributed by atoms with Crippen molar-refractivity contribution in [2.24, 2.45) is 5.92 Å². The summed E-state index contributed by atoms with van der Waals surface area (Å²) in [6.45, 7) is 5.20. The van der Waals surface area contributed by atoms with E-state index in [1.807, 2.05) is 0 Å². The van der Waals surface area contributed by atoms with Crippen LogP contribution in [0, 0.1) is 5.92 Å². The van der Waals surface area contributed by atoms with Crippen LogP contribution in [0.25, 0.3) is 0 Å². The Morgan fingerprint density at radius 1 is 1.00 bits per heavy atom. The molecule has 0 aromatic carbocycles. The van der Waals surface area contributed by atoms with Crippen LogP contribution in [0.4, 0.5) is 0 Å². The highest BCUT2D eigenvalue weighted by Gasteiger charge is 2.13. The third-order valence-corrected chi connectivity index (χ3v) is 1.73. The zero-order valence-electron chi connectivity index (χ0n) is 9.61. The van der Waals surface area contributed by atoms with E-state index in [9.17, 15) is 9.59 Å². The van der Waals surface area contributed by atoms with E-state index in [2.05, 4.69) is 0 Å². The molecule has 5 heteroatoms. The Hall–Kier alpha value is -1.10. The van der Waals surface area contributed by atoms with Gasteiger partial charge in [-0.3, -0.25) is 4.79 Å².